The molecule has 48 heavy (non-hydrogen) atoms. The third kappa shape index (κ3) is 22.8. The fourth-order valence-electron chi connectivity index (χ4n) is 3.62. The smallest absolute Gasteiger partial charge is 0.410 e. The lowest BCUT2D eigenvalue weighted by molar-refractivity contribution is -0.367. The maximum absolute atomic E-state index is 11.8. The summed E-state index contributed by atoms with van der Waals surface area (Å²) in [4.78, 5) is 68.8. The van der Waals surface area contributed by atoms with Crippen LogP contribution in [0.25, 0.3) is 0 Å². The lowest BCUT2D eigenvalue weighted by Gasteiger charge is -2.17. The zero-order chi connectivity index (χ0) is 35.8. The number of ketones is 1. The summed E-state index contributed by atoms with van der Waals surface area (Å²) in [7, 11) is 3.34. The largest absolute Gasteiger partial charge is 1.00 e. The number of amides is 4. The van der Waals surface area contributed by atoms with Crippen LogP contribution in [0.1, 0.15) is 50.7 Å². The van der Waals surface area contributed by atoms with Crippen LogP contribution in [0.4, 0.5) is 9.59 Å². The van der Waals surface area contributed by atoms with Gasteiger partial charge < -0.3 is 54.0 Å². The maximum Gasteiger partial charge on any atom is 0.410 e. The van der Waals surface area contributed by atoms with E-state index in [1.807, 2.05) is 60.7 Å². The molecule has 0 aliphatic heterocycles. The summed E-state index contributed by atoms with van der Waals surface area (Å²) in [6.45, 7) is 5.39. The van der Waals surface area contributed by atoms with E-state index in [-0.39, 0.29) is 49.6 Å². The van der Waals surface area contributed by atoms with Crippen molar-refractivity contribution >= 4 is 35.8 Å². The first-order valence-corrected chi connectivity index (χ1v) is 15.1. The van der Waals surface area contributed by atoms with Gasteiger partial charge in [-0.3, -0.25) is 19.2 Å². The van der Waals surface area contributed by atoms with Crippen molar-refractivity contribution in [3.05, 3.63) is 71.8 Å². The number of carbonyl (C=O) groups is 6. The molecule has 2 aromatic carbocycles. The lowest BCUT2D eigenvalue weighted by atomic mass is 9.98. The van der Waals surface area contributed by atoms with Gasteiger partial charge in [-0.1, -0.05) is 74.5 Å². The first-order valence-electron chi connectivity index (χ1n) is 15.1. The van der Waals surface area contributed by atoms with Crippen molar-refractivity contribution < 1.29 is 61.5 Å². The number of benzene rings is 2. The molecule has 8 N–H and O–H groups in total. The second-order valence-corrected chi connectivity index (χ2v) is 10.8. The molecule has 0 bridgehead atoms. The molecule has 0 unspecified atom stereocenters. The molecule has 0 fully saturated rings. The van der Waals surface area contributed by atoms with Crippen molar-refractivity contribution in [2.45, 2.75) is 52.7 Å². The molecule has 4 amide bonds. The quantitative estimate of drug-likeness (QED) is 0.172. The number of halogens is 1. The third-order valence-corrected chi connectivity index (χ3v) is 6.43. The van der Waals surface area contributed by atoms with Gasteiger partial charge in [-0.2, -0.15) is 0 Å². The Morgan fingerprint density at radius 1 is 0.729 bits per heavy atom. The highest BCUT2D eigenvalue weighted by Crippen LogP contribution is 2.09. The minimum atomic E-state index is -0.992. The molecule has 14 nitrogen and oxygen atoms in total. The summed E-state index contributed by atoms with van der Waals surface area (Å²) in [5.74, 6) is -3.11. The first-order chi connectivity index (χ1) is 22.2. The number of nitrogens with two attached hydrogens (primary N) is 2. The van der Waals surface area contributed by atoms with Gasteiger partial charge in [0.15, 0.2) is 0 Å². The summed E-state index contributed by atoms with van der Waals surface area (Å²) < 4.78 is 10.3. The molecule has 15 heteroatoms. The topological polar surface area (TPSA) is 227 Å². The van der Waals surface area contributed by atoms with Gasteiger partial charge in [0.25, 0.3) is 0 Å². The predicted molar refractivity (Wildman–Crippen MR) is 174 cm³/mol. The number of Topliss-reactive ketones (excluding diaryl/α,β-unsaturated/α-hetero) is 1. The standard InChI is InChI=1S/C17H24N2O4.C11H16N2O2.C5H9NO3.ClH/c1-13(11-16(18)21)15(20)9-6-10-19(2)17(22)23-12-14-7-4-3-5-8-14;1-13(8-7-12)11(14)15-9-10-5-3-2-4-6-10;1-3(5(8)9)2-4(6)7;/h3-5,7-8,13H,6,9-12H2,1-2H3,(H2,18,21);2-6H,7-9,12H2,1H3;3H,2H2,1H3,(H2,6,7)(H,8,9);1H/t13-;;3-;/m1.1./s1. The Kier molecular flexibility index (Phi) is 25.0. The number of carbonyl (C=O) groups excluding carboxylic acids is 5. The molecule has 0 spiro atoms. The van der Waals surface area contributed by atoms with Gasteiger partial charge in [0.2, 0.25) is 11.8 Å². The highest BCUT2D eigenvalue weighted by Gasteiger charge is 2.17. The maximum atomic E-state index is 11.8. The second-order valence-electron chi connectivity index (χ2n) is 10.8. The van der Waals surface area contributed by atoms with E-state index in [0.717, 1.165) is 11.1 Å². The van der Waals surface area contributed by atoms with Crippen molar-refractivity contribution in [3.63, 3.8) is 0 Å². The number of quaternary nitrogens is 1. The average molecular weight is 696 g/mol. The molecule has 2 atom stereocenters. The second kappa shape index (κ2) is 26.4. The molecular formula is C33H50ClN5O9. The van der Waals surface area contributed by atoms with Crippen LogP contribution < -0.4 is 29.6 Å². The summed E-state index contributed by atoms with van der Waals surface area (Å²) >= 11 is 0. The molecule has 0 saturated heterocycles. The summed E-state index contributed by atoms with van der Waals surface area (Å²) in [5.41, 5.74) is 15.4. The number of aliphatic carboxylic acids is 1. The van der Waals surface area contributed by atoms with E-state index >= 15 is 0 Å². The predicted octanol–water partition coefficient (Wildman–Crippen LogP) is -0.801. The number of rotatable bonds is 16. The summed E-state index contributed by atoms with van der Waals surface area (Å²) in [5, 5.41) is 8.22. The van der Waals surface area contributed by atoms with Crippen molar-refractivity contribution in [1.82, 2.24) is 9.80 Å². The molecule has 0 aliphatic rings. The average Bonchev–Trinajstić information content (AvgIpc) is 3.03. The van der Waals surface area contributed by atoms with Crippen LogP contribution >= 0.6 is 0 Å². The fraction of sp³-hybridized carbons (Fsp3) is 0.455. The Labute approximate surface area is 288 Å². The van der Waals surface area contributed by atoms with E-state index < -0.39 is 29.8 Å². The van der Waals surface area contributed by atoms with Crippen LogP contribution in [0.5, 0.6) is 0 Å². The fourth-order valence-corrected chi connectivity index (χ4v) is 3.62. The number of likely N-dealkylation sites (N-methyl/N-ethyl adjacent to an activating group) is 1. The Hall–Kier alpha value is -4.69. The molecule has 0 saturated carbocycles. The Bertz CT molecular complexity index is 1250. The van der Waals surface area contributed by atoms with Gasteiger partial charge >= 0.3 is 18.2 Å². The number of nitrogens with zero attached hydrogens (tertiary/aromatic N) is 2. The van der Waals surface area contributed by atoms with Crippen LogP contribution in [0.2, 0.25) is 0 Å². The van der Waals surface area contributed by atoms with Crippen molar-refractivity contribution in [1.29, 1.82) is 0 Å². The zero-order valence-electron chi connectivity index (χ0n) is 28.1. The minimum absolute atomic E-state index is 0. The normalized spacial score (nSPS) is 10.9. The highest BCUT2D eigenvalue weighted by molar-refractivity contribution is 5.86. The van der Waals surface area contributed by atoms with E-state index in [2.05, 4.69) is 5.73 Å². The molecule has 2 aromatic rings. The van der Waals surface area contributed by atoms with Gasteiger partial charge in [0.1, 0.15) is 19.0 Å². The first kappa shape index (κ1) is 45.4. The van der Waals surface area contributed by atoms with Gasteiger partial charge in [0, 0.05) is 45.8 Å². The van der Waals surface area contributed by atoms with Crippen LogP contribution in [-0.4, -0.2) is 84.4 Å². The van der Waals surface area contributed by atoms with E-state index in [1.54, 1.807) is 21.0 Å². The molecular weight excluding hydrogens is 646 g/mol. The molecule has 268 valence electrons. The van der Waals surface area contributed by atoms with Crippen molar-refractivity contribution in [2.75, 3.05) is 33.7 Å². The number of primary amides is 2. The summed E-state index contributed by atoms with van der Waals surface area (Å²) in [6.07, 6.45) is 0.0845. The third-order valence-electron chi connectivity index (χ3n) is 6.43. The monoisotopic (exact) mass is 695 g/mol. The molecule has 0 heterocycles. The number of hydrogen-bond acceptors (Lipinski definition) is 8. The number of carboxylic acid groups (broad SMARTS) is 1. The van der Waals surface area contributed by atoms with Crippen molar-refractivity contribution in [3.8, 4) is 0 Å². The van der Waals surface area contributed by atoms with Crippen LogP contribution in [-0.2, 0) is 41.9 Å². The van der Waals surface area contributed by atoms with E-state index in [4.69, 9.17) is 26.0 Å². The van der Waals surface area contributed by atoms with Crippen LogP contribution in [0.3, 0.4) is 0 Å². The Morgan fingerprint density at radius 3 is 1.48 bits per heavy atom. The van der Waals surface area contributed by atoms with E-state index in [0.29, 0.717) is 39.1 Å². The molecule has 0 aromatic heterocycles. The van der Waals surface area contributed by atoms with Gasteiger partial charge in [-0.05, 0) is 17.5 Å². The van der Waals surface area contributed by atoms with Crippen molar-refractivity contribution in [2.24, 2.45) is 23.3 Å². The zero-order valence-corrected chi connectivity index (χ0v) is 28.9. The highest BCUT2D eigenvalue weighted by atomic mass is 35.5. The SMILES string of the molecule is CN(CC[NH3+])C(=O)OCc1ccccc1.C[C@H](CC(N)=O)C(=O)CCCN(C)C(=O)OCc1ccccc1.C[C@H](CC(N)=O)C(=O)O.[Cl-]. The van der Waals surface area contributed by atoms with E-state index in [1.165, 1.54) is 16.7 Å². The van der Waals surface area contributed by atoms with Crippen LogP contribution in [0.15, 0.2) is 60.7 Å². The van der Waals surface area contributed by atoms with Crippen LogP contribution in [0, 0.1) is 11.8 Å². The van der Waals surface area contributed by atoms with Gasteiger partial charge in [-0.25, -0.2) is 9.59 Å². The molecule has 2 rings (SSSR count). The summed E-state index contributed by atoms with van der Waals surface area (Å²) in [6, 6.07) is 19.0. The van der Waals surface area contributed by atoms with Gasteiger partial charge in [0.05, 0.1) is 19.0 Å². The van der Waals surface area contributed by atoms with E-state index in [9.17, 15) is 28.8 Å². The Morgan fingerprint density at radius 2 is 1.12 bits per heavy atom. The lowest BCUT2D eigenvalue weighted by Crippen LogP contribution is -3.00. The number of ether oxygens (including phenoxy) is 2. The molecule has 0 radical (unpaired) electrons. The Balaban J connectivity index is 0. The molecule has 0 aliphatic carbocycles. The van der Waals surface area contributed by atoms with Gasteiger partial charge in [-0.15, -0.1) is 0 Å². The number of hydrogen-bond donors (Lipinski definition) is 4. The minimum Gasteiger partial charge on any atom is -1.00 e. The number of carboxylic acids is 1.